The molecular weight excluding hydrogens is 132 g/mol. The molecule has 0 amide bonds. The topological polar surface area (TPSA) is 27.7 Å². The molecule has 1 aromatic carbocycles. The van der Waals surface area contributed by atoms with Gasteiger partial charge in [-0.05, 0) is 17.2 Å². The Labute approximate surface area is 59.0 Å². The van der Waals surface area contributed by atoms with Crippen LogP contribution >= 0.6 is 0 Å². The molecule has 0 aliphatic rings. The Bertz CT molecular complexity index is 173. The van der Waals surface area contributed by atoms with Gasteiger partial charge in [0.15, 0.2) is 5.75 Å². The Kier molecular flexibility index (Phi) is 2.73. The summed E-state index contributed by atoms with van der Waals surface area (Å²) in [5.74, 6) is 0.615. The SMILES string of the molecule is COOOc1ccccc1. The van der Waals surface area contributed by atoms with Gasteiger partial charge >= 0.3 is 0 Å². The van der Waals surface area contributed by atoms with Crippen LogP contribution in [0.25, 0.3) is 0 Å². The van der Waals surface area contributed by atoms with Crippen molar-refractivity contribution in [2.75, 3.05) is 7.11 Å². The lowest BCUT2D eigenvalue weighted by Gasteiger charge is -1.98. The van der Waals surface area contributed by atoms with Gasteiger partial charge in [-0.1, -0.05) is 18.2 Å². The summed E-state index contributed by atoms with van der Waals surface area (Å²) in [6.07, 6.45) is 0. The maximum atomic E-state index is 4.63. The zero-order valence-electron chi connectivity index (χ0n) is 5.61. The van der Waals surface area contributed by atoms with Crippen LogP contribution in [0.3, 0.4) is 0 Å². The molecule has 0 N–H and O–H groups in total. The van der Waals surface area contributed by atoms with Crippen LogP contribution < -0.4 is 4.89 Å². The minimum absolute atomic E-state index is 0.615. The van der Waals surface area contributed by atoms with E-state index >= 15 is 0 Å². The van der Waals surface area contributed by atoms with Gasteiger partial charge in [0, 0.05) is 0 Å². The summed E-state index contributed by atoms with van der Waals surface area (Å²) in [5.41, 5.74) is 0. The minimum Gasteiger partial charge on any atom is -0.308 e. The summed E-state index contributed by atoms with van der Waals surface area (Å²) in [7, 11) is 1.38. The summed E-state index contributed by atoms with van der Waals surface area (Å²) in [6.45, 7) is 0. The van der Waals surface area contributed by atoms with E-state index in [1.54, 1.807) is 12.1 Å². The monoisotopic (exact) mass is 140 g/mol. The normalized spacial score (nSPS) is 9.30. The number of benzene rings is 1. The number of para-hydroxylation sites is 1. The second-order valence-corrected chi connectivity index (χ2v) is 1.63. The van der Waals surface area contributed by atoms with Crippen LogP contribution in [0.2, 0.25) is 0 Å². The maximum absolute atomic E-state index is 4.63. The molecule has 0 spiro atoms. The second kappa shape index (κ2) is 3.87. The molecule has 0 saturated heterocycles. The lowest BCUT2D eigenvalue weighted by atomic mass is 10.3. The predicted octanol–water partition coefficient (Wildman–Crippen LogP) is 1.56. The van der Waals surface area contributed by atoms with Crippen LogP contribution in [-0.4, -0.2) is 7.11 Å². The molecule has 0 heterocycles. The third kappa shape index (κ3) is 2.05. The van der Waals surface area contributed by atoms with Gasteiger partial charge in [-0.25, -0.2) is 0 Å². The van der Waals surface area contributed by atoms with Gasteiger partial charge in [-0.2, -0.15) is 4.89 Å². The van der Waals surface area contributed by atoms with Gasteiger partial charge in [0.25, 0.3) is 0 Å². The number of rotatable bonds is 3. The highest BCUT2D eigenvalue weighted by atomic mass is 17.5. The molecular formula is C7H8O3. The smallest absolute Gasteiger partial charge is 0.168 e. The van der Waals surface area contributed by atoms with Crippen LogP contribution in [0.4, 0.5) is 0 Å². The van der Waals surface area contributed by atoms with Gasteiger partial charge < -0.3 is 4.89 Å². The van der Waals surface area contributed by atoms with Crippen molar-refractivity contribution in [2.24, 2.45) is 0 Å². The molecule has 0 fully saturated rings. The van der Waals surface area contributed by atoms with Crippen molar-refractivity contribution in [3.63, 3.8) is 0 Å². The molecule has 3 nitrogen and oxygen atoms in total. The second-order valence-electron chi connectivity index (χ2n) is 1.63. The summed E-state index contributed by atoms with van der Waals surface area (Å²) < 4.78 is 0. The van der Waals surface area contributed by atoms with Crippen LogP contribution in [0, 0.1) is 0 Å². The molecule has 0 bridgehead atoms. The van der Waals surface area contributed by atoms with E-state index in [0.717, 1.165) is 0 Å². The highest BCUT2D eigenvalue weighted by Crippen LogP contribution is 2.07. The van der Waals surface area contributed by atoms with Crippen molar-refractivity contribution in [3.05, 3.63) is 30.3 Å². The zero-order chi connectivity index (χ0) is 7.23. The molecule has 54 valence electrons. The van der Waals surface area contributed by atoms with Gasteiger partial charge in [-0.3, -0.25) is 0 Å². The Morgan fingerprint density at radius 3 is 2.40 bits per heavy atom. The Morgan fingerprint density at radius 1 is 1.10 bits per heavy atom. The van der Waals surface area contributed by atoms with Crippen LogP contribution in [-0.2, 0) is 9.93 Å². The highest BCUT2D eigenvalue weighted by Gasteiger charge is 1.88. The van der Waals surface area contributed by atoms with E-state index < -0.39 is 0 Å². The van der Waals surface area contributed by atoms with Crippen molar-refractivity contribution in [2.45, 2.75) is 0 Å². The van der Waals surface area contributed by atoms with Gasteiger partial charge in [-0.15, -0.1) is 0 Å². The first-order valence-corrected chi connectivity index (χ1v) is 2.86. The van der Waals surface area contributed by atoms with Crippen molar-refractivity contribution < 1.29 is 14.8 Å². The van der Waals surface area contributed by atoms with Crippen LogP contribution in [0.1, 0.15) is 0 Å². The molecule has 0 saturated carbocycles. The fraction of sp³-hybridized carbons (Fsp3) is 0.143. The Morgan fingerprint density at radius 2 is 1.80 bits per heavy atom. The molecule has 0 aliphatic carbocycles. The average Bonchev–Trinajstić information content (AvgIpc) is 2.03. The highest BCUT2D eigenvalue weighted by molar-refractivity contribution is 5.19. The van der Waals surface area contributed by atoms with E-state index in [2.05, 4.69) is 14.8 Å². The number of hydrogen-bond acceptors (Lipinski definition) is 3. The Balaban J connectivity index is 2.43. The molecule has 1 aromatic rings. The van der Waals surface area contributed by atoms with Crippen molar-refractivity contribution in [3.8, 4) is 5.75 Å². The van der Waals surface area contributed by atoms with Gasteiger partial charge in [0.2, 0.25) is 0 Å². The molecule has 0 aromatic heterocycles. The molecule has 0 radical (unpaired) electrons. The lowest BCUT2D eigenvalue weighted by molar-refractivity contribution is -0.453. The third-order valence-corrected chi connectivity index (χ3v) is 0.941. The molecule has 1 rings (SSSR count). The van der Waals surface area contributed by atoms with Crippen LogP contribution in [0.5, 0.6) is 5.75 Å². The molecule has 0 aliphatic heterocycles. The first-order chi connectivity index (χ1) is 4.93. The van der Waals surface area contributed by atoms with E-state index in [9.17, 15) is 0 Å². The standard InChI is InChI=1S/C7H8O3/c1-8-10-9-7-5-3-2-4-6-7/h2-6H,1H3. The predicted molar refractivity (Wildman–Crippen MR) is 35.2 cm³/mol. The number of hydrogen-bond donors (Lipinski definition) is 0. The van der Waals surface area contributed by atoms with E-state index in [1.807, 2.05) is 18.2 Å². The summed E-state index contributed by atoms with van der Waals surface area (Å²) in [4.78, 5) is 8.86. The van der Waals surface area contributed by atoms with E-state index in [-0.39, 0.29) is 0 Å². The maximum Gasteiger partial charge on any atom is 0.168 e. The minimum atomic E-state index is 0.615. The third-order valence-electron chi connectivity index (χ3n) is 0.941. The molecule has 3 heteroatoms. The molecule has 0 atom stereocenters. The Hall–Kier alpha value is -1.06. The van der Waals surface area contributed by atoms with E-state index in [4.69, 9.17) is 0 Å². The summed E-state index contributed by atoms with van der Waals surface area (Å²) in [5, 5.41) is 4.22. The lowest BCUT2D eigenvalue weighted by Crippen LogP contribution is -1.93. The first-order valence-electron chi connectivity index (χ1n) is 2.86. The van der Waals surface area contributed by atoms with Crippen molar-refractivity contribution in [1.82, 2.24) is 0 Å². The average molecular weight is 140 g/mol. The van der Waals surface area contributed by atoms with Gasteiger partial charge in [0.05, 0.1) is 7.11 Å². The van der Waals surface area contributed by atoms with Gasteiger partial charge in [0.1, 0.15) is 0 Å². The molecule has 10 heavy (non-hydrogen) atoms. The fourth-order valence-corrected chi connectivity index (χ4v) is 0.549. The first kappa shape index (κ1) is 7.05. The fourth-order valence-electron chi connectivity index (χ4n) is 0.549. The quantitative estimate of drug-likeness (QED) is 0.471. The summed E-state index contributed by atoms with van der Waals surface area (Å²) in [6, 6.07) is 9.10. The van der Waals surface area contributed by atoms with Crippen molar-refractivity contribution >= 4 is 0 Å². The zero-order valence-corrected chi connectivity index (χ0v) is 5.61. The molecule has 0 unspecified atom stereocenters. The summed E-state index contributed by atoms with van der Waals surface area (Å²) >= 11 is 0. The largest absolute Gasteiger partial charge is 0.308 e. The van der Waals surface area contributed by atoms with E-state index in [0.29, 0.717) is 5.75 Å². The van der Waals surface area contributed by atoms with E-state index in [1.165, 1.54) is 7.11 Å². The van der Waals surface area contributed by atoms with Crippen LogP contribution in [0.15, 0.2) is 30.3 Å². The van der Waals surface area contributed by atoms with Crippen molar-refractivity contribution in [1.29, 1.82) is 0 Å².